The van der Waals surface area contributed by atoms with Gasteiger partial charge in [0.15, 0.2) is 5.82 Å². The van der Waals surface area contributed by atoms with Crippen LogP contribution in [0.4, 0.5) is 0 Å². The average Bonchev–Trinajstić information content (AvgIpc) is 3.55. The zero-order valence-electron chi connectivity index (χ0n) is 27.6. The van der Waals surface area contributed by atoms with Crippen molar-refractivity contribution in [2.24, 2.45) is 0 Å². The van der Waals surface area contributed by atoms with E-state index in [9.17, 15) is 5.26 Å². The van der Waals surface area contributed by atoms with E-state index in [2.05, 4.69) is 150 Å². The van der Waals surface area contributed by atoms with Gasteiger partial charge in [0.25, 0.3) is 0 Å². The summed E-state index contributed by atoms with van der Waals surface area (Å²) < 4.78 is 2.34. The van der Waals surface area contributed by atoms with Gasteiger partial charge in [-0.25, -0.2) is 9.97 Å². The van der Waals surface area contributed by atoms with E-state index in [4.69, 9.17) is 9.97 Å². The van der Waals surface area contributed by atoms with Gasteiger partial charge in [-0.3, -0.25) is 0 Å². The van der Waals surface area contributed by atoms with Crippen LogP contribution in [0.5, 0.6) is 0 Å². The molecule has 0 N–H and O–H groups in total. The maximum atomic E-state index is 9.17. The molecule has 0 amide bonds. The van der Waals surface area contributed by atoms with Gasteiger partial charge in [-0.15, -0.1) is 0 Å². The first kappa shape index (κ1) is 30.0. The standard InChI is InChI=1S/C47H30N4/c48-31-32-15-17-33(18-16-32)34-19-23-37(24-20-34)44-30-43(36-9-3-1-4-10-36)49-47(50-44)38-25-21-35(22-26-38)39-27-28-46-42(29-39)41-13-7-8-14-45(41)51(46)40-11-5-2-6-12-40/h1-30H. The van der Waals surface area contributed by atoms with Crippen LogP contribution in [-0.2, 0) is 0 Å². The van der Waals surface area contributed by atoms with E-state index in [-0.39, 0.29) is 0 Å². The number of nitrogens with zero attached hydrogens (tertiary/aromatic N) is 4. The highest BCUT2D eigenvalue weighted by Crippen LogP contribution is 2.36. The van der Waals surface area contributed by atoms with Crippen LogP contribution in [0.3, 0.4) is 0 Å². The molecule has 4 heteroatoms. The highest BCUT2D eigenvalue weighted by atomic mass is 15.0. The summed E-state index contributed by atoms with van der Waals surface area (Å²) in [6.45, 7) is 0. The van der Waals surface area contributed by atoms with Crippen molar-refractivity contribution in [2.75, 3.05) is 0 Å². The summed E-state index contributed by atoms with van der Waals surface area (Å²) in [6, 6.07) is 65.0. The van der Waals surface area contributed by atoms with E-state index in [1.54, 1.807) is 0 Å². The fourth-order valence-corrected chi connectivity index (χ4v) is 6.87. The quantitative estimate of drug-likeness (QED) is 0.180. The highest BCUT2D eigenvalue weighted by Gasteiger charge is 2.14. The first-order chi connectivity index (χ1) is 25.2. The molecule has 0 aliphatic rings. The third kappa shape index (κ3) is 5.63. The number of para-hydroxylation sites is 2. The predicted octanol–water partition coefficient (Wildman–Crippen LogP) is 11.8. The predicted molar refractivity (Wildman–Crippen MR) is 208 cm³/mol. The van der Waals surface area contributed by atoms with E-state index in [0.717, 1.165) is 56.0 Å². The third-order valence-corrected chi connectivity index (χ3v) is 9.49. The lowest BCUT2D eigenvalue weighted by Crippen LogP contribution is -1.96. The molecule has 0 fully saturated rings. The monoisotopic (exact) mass is 650 g/mol. The van der Waals surface area contributed by atoms with Gasteiger partial charge in [-0.05, 0) is 70.8 Å². The van der Waals surface area contributed by atoms with E-state index in [1.807, 2.05) is 42.5 Å². The molecule has 0 saturated heterocycles. The molecule has 2 aromatic heterocycles. The first-order valence-electron chi connectivity index (χ1n) is 17.0. The van der Waals surface area contributed by atoms with Crippen molar-refractivity contribution in [3.63, 3.8) is 0 Å². The van der Waals surface area contributed by atoms with Crippen molar-refractivity contribution in [3.8, 4) is 67.9 Å². The lowest BCUT2D eigenvalue weighted by molar-refractivity contribution is 1.18. The van der Waals surface area contributed by atoms with Crippen LogP contribution in [0.15, 0.2) is 182 Å². The van der Waals surface area contributed by atoms with Gasteiger partial charge in [0, 0.05) is 33.2 Å². The number of hydrogen-bond acceptors (Lipinski definition) is 3. The van der Waals surface area contributed by atoms with E-state index in [0.29, 0.717) is 11.4 Å². The molecular formula is C47H30N4. The molecule has 0 spiro atoms. The van der Waals surface area contributed by atoms with Gasteiger partial charge in [0.05, 0.1) is 34.1 Å². The van der Waals surface area contributed by atoms with E-state index < -0.39 is 0 Å². The molecule has 9 rings (SSSR count). The summed E-state index contributed by atoms with van der Waals surface area (Å²) in [5, 5.41) is 11.6. The lowest BCUT2D eigenvalue weighted by atomic mass is 10.00. The summed E-state index contributed by atoms with van der Waals surface area (Å²) in [4.78, 5) is 10.1. The Labute approximate surface area is 296 Å². The van der Waals surface area contributed by atoms with Gasteiger partial charge in [0.2, 0.25) is 0 Å². The summed E-state index contributed by atoms with van der Waals surface area (Å²) in [7, 11) is 0. The van der Waals surface area contributed by atoms with Gasteiger partial charge in [-0.1, -0.05) is 133 Å². The lowest BCUT2D eigenvalue weighted by Gasteiger charge is -2.11. The zero-order valence-corrected chi connectivity index (χ0v) is 27.6. The molecule has 9 aromatic rings. The Hall–Kier alpha value is -7.09. The molecule has 0 unspecified atom stereocenters. The summed E-state index contributed by atoms with van der Waals surface area (Å²) in [5.41, 5.74) is 13.4. The van der Waals surface area contributed by atoms with Gasteiger partial charge >= 0.3 is 0 Å². The normalized spacial score (nSPS) is 11.1. The second kappa shape index (κ2) is 12.7. The van der Waals surface area contributed by atoms with Gasteiger partial charge in [0.1, 0.15) is 0 Å². The van der Waals surface area contributed by atoms with Crippen molar-refractivity contribution in [3.05, 3.63) is 188 Å². The largest absolute Gasteiger partial charge is 0.309 e. The van der Waals surface area contributed by atoms with Crippen molar-refractivity contribution in [1.29, 1.82) is 5.26 Å². The minimum absolute atomic E-state index is 0.651. The molecule has 238 valence electrons. The Bertz CT molecular complexity index is 2700. The maximum absolute atomic E-state index is 9.17. The summed E-state index contributed by atoms with van der Waals surface area (Å²) >= 11 is 0. The molecular weight excluding hydrogens is 621 g/mol. The molecule has 2 heterocycles. The Balaban J connectivity index is 1.08. The number of rotatable bonds is 6. The molecule has 7 aromatic carbocycles. The molecule has 4 nitrogen and oxygen atoms in total. The van der Waals surface area contributed by atoms with Crippen LogP contribution >= 0.6 is 0 Å². The molecule has 0 radical (unpaired) electrons. The Morgan fingerprint density at radius 3 is 1.55 bits per heavy atom. The SMILES string of the molecule is N#Cc1ccc(-c2ccc(-c3cc(-c4ccccc4)nc(-c4ccc(-c5ccc6c(c5)c5ccccc5n6-c5ccccc5)cc4)n3)cc2)cc1. The Kier molecular flexibility index (Phi) is 7.50. The van der Waals surface area contributed by atoms with Crippen LogP contribution in [0.1, 0.15) is 5.56 Å². The van der Waals surface area contributed by atoms with Crippen LogP contribution in [0.25, 0.3) is 83.6 Å². The number of hydrogen-bond donors (Lipinski definition) is 0. The fraction of sp³-hybridized carbons (Fsp3) is 0. The number of benzene rings is 7. The molecule has 0 bridgehead atoms. The second-order valence-electron chi connectivity index (χ2n) is 12.6. The zero-order chi connectivity index (χ0) is 34.1. The smallest absolute Gasteiger partial charge is 0.160 e. The minimum atomic E-state index is 0.651. The molecule has 0 aliphatic carbocycles. The molecule has 0 saturated carbocycles. The number of nitriles is 1. The van der Waals surface area contributed by atoms with E-state index >= 15 is 0 Å². The summed E-state index contributed by atoms with van der Waals surface area (Å²) in [6.07, 6.45) is 0. The molecule has 0 atom stereocenters. The van der Waals surface area contributed by atoms with Crippen molar-refractivity contribution in [2.45, 2.75) is 0 Å². The number of aromatic nitrogens is 3. The minimum Gasteiger partial charge on any atom is -0.309 e. The maximum Gasteiger partial charge on any atom is 0.160 e. The van der Waals surface area contributed by atoms with Crippen molar-refractivity contribution >= 4 is 21.8 Å². The fourth-order valence-electron chi connectivity index (χ4n) is 6.87. The Morgan fingerprint density at radius 1 is 0.392 bits per heavy atom. The molecule has 51 heavy (non-hydrogen) atoms. The van der Waals surface area contributed by atoms with Gasteiger partial charge in [-0.2, -0.15) is 5.26 Å². The Morgan fingerprint density at radius 2 is 0.882 bits per heavy atom. The van der Waals surface area contributed by atoms with E-state index in [1.165, 1.54) is 21.8 Å². The topological polar surface area (TPSA) is 54.5 Å². The summed E-state index contributed by atoms with van der Waals surface area (Å²) in [5.74, 6) is 0.676. The first-order valence-corrected chi connectivity index (χ1v) is 17.0. The molecule has 0 aliphatic heterocycles. The van der Waals surface area contributed by atoms with Crippen LogP contribution in [0, 0.1) is 11.3 Å². The van der Waals surface area contributed by atoms with Crippen molar-refractivity contribution in [1.82, 2.24) is 14.5 Å². The third-order valence-electron chi connectivity index (χ3n) is 9.49. The van der Waals surface area contributed by atoms with Crippen LogP contribution in [0.2, 0.25) is 0 Å². The van der Waals surface area contributed by atoms with Crippen LogP contribution < -0.4 is 0 Å². The van der Waals surface area contributed by atoms with Crippen molar-refractivity contribution < 1.29 is 0 Å². The van der Waals surface area contributed by atoms with Crippen LogP contribution in [-0.4, -0.2) is 14.5 Å². The van der Waals surface area contributed by atoms with Gasteiger partial charge < -0.3 is 4.57 Å². The average molecular weight is 651 g/mol. The second-order valence-corrected chi connectivity index (χ2v) is 12.6. The number of fused-ring (bicyclic) bond motifs is 3. The highest BCUT2D eigenvalue weighted by molar-refractivity contribution is 6.10.